The average Bonchev–Trinajstić information content (AvgIpc) is 2.03. The normalized spacial score (nSPS) is 12.8. The molecule has 13 heavy (non-hydrogen) atoms. The van der Waals surface area contributed by atoms with E-state index < -0.39 is 22.8 Å². The first kappa shape index (κ1) is 10.3. The highest BCUT2D eigenvalue weighted by atomic mass is 32.2. The molecule has 0 fully saturated rings. The van der Waals surface area contributed by atoms with Crippen LogP contribution in [0, 0.1) is 0 Å². The quantitative estimate of drug-likeness (QED) is 0.718. The third-order valence-electron chi connectivity index (χ3n) is 1.39. The van der Waals surface area contributed by atoms with E-state index in [-0.39, 0.29) is 0 Å². The third kappa shape index (κ3) is 2.58. The zero-order valence-corrected chi connectivity index (χ0v) is 8.02. The lowest BCUT2D eigenvalue weighted by Gasteiger charge is -2.09. The molecule has 6 heteroatoms. The summed E-state index contributed by atoms with van der Waals surface area (Å²) in [6, 6.07) is 0. The predicted octanol–water partition coefficient (Wildman–Crippen LogP) is 2.12. The minimum atomic E-state index is -4.39. The zero-order valence-electron chi connectivity index (χ0n) is 7.13. The summed E-state index contributed by atoms with van der Waals surface area (Å²) in [5.41, 5.74) is -0.937. The lowest BCUT2D eigenvalue weighted by molar-refractivity contribution is -0.141. The zero-order chi connectivity index (χ0) is 10.1. The molecular weight excluding hydrogens is 201 g/mol. The van der Waals surface area contributed by atoms with Crippen LogP contribution in [0.1, 0.15) is 5.69 Å². The number of rotatable bonds is 1. The third-order valence-corrected chi connectivity index (χ3v) is 2.53. The molecule has 1 heterocycles. The Kier molecular flexibility index (Phi) is 2.80. The van der Waals surface area contributed by atoms with Gasteiger partial charge in [0.2, 0.25) is 0 Å². The fraction of sp³-hybridized carbons (Fsp3) is 0.429. The maximum absolute atomic E-state index is 12.0. The van der Waals surface area contributed by atoms with Gasteiger partial charge in [-0.1, -0.05) is 0 Å². The van der Waals surface area contributed by atoms with Crippen molar-refractivity contribution in [3.05, 3.63) is 18.1 Å². The van der Waals surface area contributed by atoms with Crippen LogP contribution in [0.3, 0.4) is 0 Å². The molecule has 0 unspecified atom stereocenters. The second kappa shape index (κ2) is 3.53. The monoisotopic (exact) mass is 210 g/mol. The van der Waals surface area contributed by atoms with E-state index in [0.717, 1.165) is 6.20 Å². The second-order valence-corrected chi connectivity index (χ2v) is 4.90. The molecular formula is C7H9F3N2S. The number of nitrogens with zero attached hydrogens (tertiary/aromatic N) is 2. The highest BCUT2D eigenvalue weighted by molar-refractivity contribution is 8.15. The van der Waals surface area contributed by atoms with Gasteiger partial charge >= 0.3 is 6.18 Å². The molecule has 0 amide bonds. The lowest BCUT2D eigenvalue weighted by atomic mass is 10.4. The first-order valence-electron chi connectivity index (χ1n) is 3.48. The van der Waals surface area contributed by atoms with Crippen LogP contribution in [-0.4, -0.2) is 22.5 Å². The SMILES string of the molecule is C[SH](C)c1cnc(C(F)(F)F)cn1. The van der Waals surface area contributed by atoms with Crippen molar-refractivity contribution in [3.8, 4) is 0 Å². The molecule has 0 spiro atoms. The van der Waals surface area contributed by atoms with E-state index in [0.29, 0.717) is 5.03 Å². The Hall–Kier alpha value is -0.780. The van der Waals surface area contributed by atoms with Crippen molar-refractivity contribution in [2.45, 2.75) is 11.2 Å². The van der Waals surface area contributed by atoms with Crippen LogP contribution in [0.25, 0.3) is 0 Å². The van der Waals surface area contributed by atoms with Crippen molar-refractivity contribution in [1.82, 2.24) is 9.97 Å². The number of aromatic nitrogens is 2. The molecule has 0 radical (unpaired) electrons. The molecule has 0 aliphatic rings. The minimum Gasteiger partial charge on any atom is -0.248 e. The Morgan fingerprint density at radius 2 is 1.77 bits per heavy atom. The van der Waals surface area contributed by atoms with Crippen molar-refractivity contribution >= 4 is 10.9 Å². The van der Waals surface area contributed by atoms with E-state index in [2.05, 4.69) is 9.97 Å². The summed E-state index contributed by atoms with van der Waals surface area (Å²) in [6.07, 6.45) is 1.39. The van der Waals surface area contributed by atoms with E-state index in [9.17, 15) is 13.2 Å². The number of halogens is 3. The molecule has 0 bridgehead atoms. The molecule has 1 aromatic rings. The first-order valence-corrected chi connectivity index (χ1v) is 5.71. The van der Waals surface area contributed by atoms with E-state index in [4.69, 9.17) is 0 Å². The summed E-state index contributed by atoms with van der Waals surface area (Å²) in [5.74, 6) is 0. The summed E-state index contributed by atoms with van der Waals surface area (Å²) in [4.78, 5) is 6.99. The van der Waals surface area contributed by atoms with E-state index in [1.54, 1.807) is 0 Å². The van der Waals surface area contributed by atoms with Crippen LogP contribution in [0.15, 0.2) is 17.4 Å². The predicted molar refractivity (Wildman–Crippen MR) is 46.1 cm³/mol. The fourth-order valence-electron chi connectivity index (χ4n) is 0.699. The van der Waals surface area contributed by atoms with Gasteiger partial charge in [0, 0.05) is 0 Å². The number of hydrogen-bond donors (Lipinski definition) is 1. The van der Waals surface area contributed by atoms with Crippen LogP contribution in [0.4, 0.5) is 13.2 Å². The fourth-order valence-corrected chi connectivity index (χ4v) is 1.28. The molecule has 1 aromatic heterocycles. The minimum absolute atomic E-state index is 0.485. The largest absolute Gasteiger partial charge is 0.434 e. The molecule has 0 aliphatic heterocycles. The van der Waals surface area contributed by atoms with Crippen molar-refractivity contribution in [2.24, 2.45) is 0 Å². The summed E-state index contributed by atoms with van der Waals surface area (Å²) >= 11 is 0. The standard InChI is InChI=1S/C7H9F3N2S/c1-13(2)6-4-11-5(3-12-6)7(8,9)10/h3-4,13H,1-2H3. The molecule has 0 saturated heterocycles. The smallest absolute Gasteiger partial charge is 0.248 e. The van der Waals surface area contributed by atoms with Gasteiger partial charge in [0.1, 0.15) is 0 Å². The highest BCUT2D eigenvalue weighted by Crippen LogP contribution is 2.29. The van der Waals surface area contributed by atoms with Crippen molar-refractivity contribution in [1.29, 1.82) is 0 Å². The summed E-state index contributed by atoms with van der Waals surface area (Å²) in [6.45, 7) is 0. The molecule has 0 atom stereocenters. The molecule has 0 aliphatic carbocycles. The van der Waals surface area contributed by atoms with Gasteiger partial charge in [-0.25, -0.2) is 20.9 Å². The summed E-state index contributed by atoms with van der Waals surface area (Å²) < 4.78 is 36.1. The maximum Gasteiger partial charge on any atom is 0.434 e. The Balaban J connectivity index is 2.94. The Labute approximate surface area is 76.6 Å². The topological polar surface area (TPSA) is 25.8 Å². The second-order valence-electron chi connectivity index (χ2n) is 2.65. The first-order chi connectivity index (χ1) is 5.91. The van der Waals surface area contributed by atoms with Gasteiger partial charge in [0.15, 0.2) is 5.69 Å². The van der Waals surface area contributed by atoms with Gasteiger partial charge in [0.05, 0.1) is 17.4 Å². The molecule has 2 nitrogen and oxygen atoms in total. The van der Waals surface area contributed by atoms with Gasteiger partial charge in [-0.2, -0.15) is 13.2 Å². The van der Waals surface area contributed by atoms with Crippen LogP contribution >= 0.6 is 10.9 Å². The lowest BCUT2D eigenvalue weighted by Crippen LogP contribution is -2.08. The van der Waals surface area contributed by atoms with Gasteiger partial charge < -0.3 is 0 Å². The molecule has 0 N–H and O–H groups in total. The van der Waals surface area contributed by atoms with Crippen LogP contribution in [-0.2, 0) is 6.18 Å². The molecule has 1 rings (SSSR count). The van der Waals surface area contributed by atoms with Gasteiger partial charge in [0.25, 0.3) is 0 Å². The highest BCUT2D eigenvalue weighted by Gasteiger charge is 2.32. The maximum atomic E-state index is 12.0. The van der Waals surface area contributed by atoms with Crippen molar-refractivity contribution < 1.29 is 13.2 Å². The van der Waals surface area contributed by atoms with Crippen molar-refractivity contribution in [2.75, 3.05) is 12.5 Å². The summed E-state index contributed by atoms with van der Waals surface area (Å²) in [5, 5.41) is 0.628. The van der Waals surface area contributed by atoms with Crippen molar-refractivity contribution in [3.63, 3.8) is 0 Å². The van der Waals surface area contributed by atoms with E-state index in [1.165, 1.54) is 6.20 Å². The number of thiol groups is 1. The van der Waals surface area contributed by atoms with Gasteiger partial charge in [-0.3, -0.25) is 0 Å². The molecule has 74 valence electrons. The van der Waals surface area contributed by atoms with E-state index >= 15 is 0 Å². The Bertz CT molecular complexity index is 281. The summed E-state index contributed by atoms with van der Waals surface area (Å²) in [7, 11) is -0.485. The Morgan fingerprint density at radius 3 is 2.08 bits per heavy atom. The van der Waals surface area contributed by atoms with Crippen LogP contribution < -0.4 is 0 Å². The van der Waals surface area contributed by atoms with Gasteiger partial charge in [-0.05, 0) is 12.5 Å². The Morgan fingerprint density at radius 1 is 1.15 bits per heavy atom. The van der Waals surface area contributed by atoms with Crippen LogP contribution in [0.2, 0.25) is 0 Å². The van der Waals surface area contributed by atoms with Gasteiger partial charge in [-0.15, -0.1) is 0 Å². The number of hydrogen-bond acceptors (Lipinski definition) is 2. The molecule has 0 saturated carbocycles. The molecule has 0 aromatic carbocycles. The average molecular weight is 210 g/mol. The number of alkyl halides is 3. The van der Waals surface area contributed by atoms with E-state index in [1.807, 2.05) is 12.5 Å². The van der Waals surface area contributed by atoms with Crippen LogP contribution in [0.5, 0.6) is 0 Å².